The van der Waals surface area contributed by atoms with Crippen LogP contribution >= 0.6 is 0 Å². The SMILES string of the molecule is CC(C)OC(=O)C(Nc1ccc2c(c1)OCO2)(C(C)C)C1CCc2ccccc2C1=O.O=C=O. The normalized spacial score (nSPS) is 17.7. The molecule has 1 aliphatic carbocycles. The molecule has 1 N–H and O–H groups in total. The second-order valence-electron chi connectivity index (χ2n) is 8.87. The molecular weight excluding hydrogens is 438 g/mol. The quantitative estimate of drug-likeness (QED) is 0.635. The second kappa shape index (κ2) is 10.5. The number of ether oxygens (including phenoxy) is 3. The lowest BCUT2D eigenvalue weighted by Gasteiger charge is -2.44. The van der Waals surface area contributed by atoms with Gasteiger partial charge in [-0.1, -0.05) is 38.1 Å². The van der Waals surface area contributed by atoms with Crippen LogP contribution in [0.3, 0.4) is 0 Å². The van der Waals surface area contributed by atoms with Crippen molar-refractivity contribution in [1.82, 2.24) is 0 Å². The van der Waals surface area contributed by atoms with Gasteiger partial charge in [0.05, 0.1) is 12.0 Å². The van der Waals surface area contributed by atoms with Gasteiger partial charge in [-0.15, -0.1) is 0 Å². The van der Waals surface area contributed by atoms with Crippen LogP contribution in [-0.2, 0) is 25.5 Å². The topological polar surface area (TPSA) is 108 Å². The van der Waals surface area contributed by atoms with Gasteiger partial charge in [0.15, 0.2) is 17.3 Å². The molecule has 180 valence electrons. The molecule has 0 aromatic heterocycles. The Morgan fingerprint density at radius 1 is 1.09 bits per heavy atom. The van der Waals surface area contributed by atoms with Crippen LogP contribution in [0.2, 0.25) is 0 Å². The molecule has 2 atom stereocenters. The first-order valence-electron chi connectivity index (χ1n) is 11.2. The molecule has 1 heterocycles. The summed E-state index contributed by atoms with van der Waals surface area (Å²) in [4.78, 5) is 43.5. The number of nitrogens with one attached hydrogen (secondary N) is 1. The Kier molecular flexibility index (Phi) is 7.74. The third-order valence-corrected chi connectivity index (χ3v) is 6.17. The van der Waals surface area contributed by atoms with Crippen molar-refractivity contribution in [2.45, 2.75) is 52.2 Å². The van der Waals surface area contributed by atoms with Crippen molar-refractivity contribution in [2.24, 2.45) is 11.8 Å². The van der Waals surface area contributed by atoms with Crippen molar-refractivity contribution < 1.29 is 33.4 Å². The Hall–Kier alpha value is -3.64. The molecule has 0 radical (unpaired) electrons. The summed E-state index contributed by atoms with van der Waals surface area (Å²) in [6, 6.07) is 13.1. The summed E-state index contributed by atoms with van der Waals surface area (Å²) >= 11 is 0. The van der Waals surface area contributed by atoms with Gasteiger partial charge in [-0.3, -0.25) is 4.79 Å². The first-order valence-corrected chi connectivity index (χ1v) is 11.2. The van der Waals surface area contributed by atoms with Crippen molar-refractivity contribution in [2.75, 3.05) is 12.1 Å². The Bertz CT molecular complexity index is 1090. The number of anilines is 1. The highest BCUT2D eigenvalue weighted by molar-refractivity contribution is 6.05. The summed E-state index contributed by atoms with van der Waals surface area (Å²) < 4.78 is 16.6. The maximum Gasteiger partial charge on any atom is 0.373 e. The van der Waals surface area contributed by atoms with Gasteiger partial charge < -0.3 is 19.5 Å². The van der Waals surface area contributed by atoms with E-state index in [4.69, 9.17) is 23.8 Å². The van der Waals surface area contributed by atoms with Crippen LogP contribution in [0, 0.1) is 11.8 Å². The van der Waals surface area contributed by atoms with E-state index in [0.717, 1.165) is 12.0 Å². The van der Waals surface area contributed by atoms with Crippen LogP contribution in [0.25, 0.3) is 0 Å². The van der Waals surface area contributed by atoms with Gasteiger partial charge in [-0.05, 0) is 50.3 Å². The highest BCUT2D eigenvalue weighted by Gasteiger charge is 2.54. The molecule has 0 amide bonds. The maximum absolute atomic E-state index is 13.6. The molecule has 8 heteroatoms. The molecule has 8 nitrogen and oxygen atoms in total. The van der Waals surface area contributed by atoms with Gasteiger partial charge in [0.1, 0.15) is 5.54 Å². The number of benzene rings is 2. The standard InChI is InChI=1S/C25H29NO5.CO2/c1-15(2)25(24(28)31-16(3)4,26-18-10-12-21-22(13-18)30-14-29-21)20-11-9-17-7-5-6-8-19(17)23(20)27;2-1-3/h5-8,10,12-13,15-16,20,26H,9,11,14H2,1-4H3;. The summed E-state index contributed by atoms with van der Waals surface area (Å²) in [5, 5.41) is 3.43. The Balaban J connectivity index is 0.00000103. The number of hydrogen-bond acceptors (Lipinski definition) is 8. The van der Waals surface area contributed by atoms with Crippen molar-refractivity contribution in [3.05, 3.63) is 53.6 Å². The van der Waals surface area contributed by atoms with Gasteiger partial charge in [0.25, 0.3) is 0 Å². The van der Waals surface area contributed by atoms with E-state index in [1.54, 1.807) is 0 Å². The minimum atomic E-state index is -1.22. The van der Waals surface area contributed by atoms with Gasteiger partial charge in [-0.25, -0.2) is 4.79 Å². The van der Waals surface area contributed by atoms with E-state index in [9.17, 15) is 9.59 Å². The summed E-state index contributed by atoms with van der Waals surface area (Å²) in [6.45, 7) is 7.72. The molecule has 0 fully saturated rings. The molecule has 1 aliphatic heterocycles. The minimum Gasteiger partial charge on any atom is -0.461 e. The van der Waals surface area contributed by atoms with Gasteiger partial charge in [0, 0.05) is 17.3 Å². The molecule has 4 rings (SSSR count). The average molecular weight is 468 g/mol. The van der Waals surface area contributed by atoms with Gasteiger partial charge in [0.2, 0.25) is 6.79 Å². The van der Waals surface area contributed by atoms with Crippen molar-refractivity contribution in [3.8, 4) is 11.5 Å². The summed E-state index contributed by atoms with van der Waals surface area (Å²) in [6.07, 6.45) is 1.26. The van der Waals surface area contributed by atoms with Gasteiger partial charge >= 0.3 is 12.1 Å². The first-order chi connectivity index (χ1) is 16.2. The zero-order valence-corrected chi connectivity index (χ0v) is 19.8. The summed E-state index contributed by atoms with van der Waals surface area (Å²) in [5.74, 6) is 0.0770. The van der Waals surface area contributed by atoms with Crippen LogP contribution in [0.5, 0.6) is 11.5 Å². The number of hydrogen-bond donors (Lipinski definition) is 1. The van der Waals surface area contributed by atoms with E-state index < -0.39 is 17.4 Å². The van der Waals surface area contributed by atoms with E-state index in [0.29, 0.717) is 29.2 Å². The van der Waals surface area contributed by atoms with E-state index >= 15 is 0 Å². The van der Waals surface area contributed by atoms with E-state index in [1.165, 1.54) is 0 Å². The molecule has 0 saturated carbocycles. The zero-order chi connectivity index (χ0) is 24.9. The number of carbonyl (C=O) groups excluding carboxylic acids is 4. The number of Topliss-reactive ketones (excluding diaryl/α,β-unsaturated/α-hetero) is 1. The fourth-order valence-corrected chi connectivity index (χ4v) is 4.62. The molecule has 2 unspecified atom stereocenters. The second-order valence-corrected chi connectivity index (χ2v) is 8.87. The lowest BCUT2D eigenvalue weighted by molar-refractivity contribution is -0.191. The third kappa shape index (κ3) is 4.82. The number of aryl methyl sites for hydroxylation is 1. The van der Waals surface area contributed by atoms with Crippen molar-refractivity contribution in [1.29, 1.82) is 0 Å². The van der Waals surface area contributed by atoms with Crippen LogP contribution in [0.15, 0.2) is 42.5 Å². The summed E-state index contributed by atoms with van der Waals surface area (Å²) in [5.41, 5.74) is 1.18. The Morgan fingerprint density at radius 2 is 1.76 bits per heavy atom. The smallest absolute Gasteiger partial charge is 0.373 e. The number of carbonyl (C=O) groups is 2. The predicted molar refractivity (Wildman–Crippen MR) is 123 cm³/mol. The molecule has 2 aromatic rings. The Morgan fingerprint density at radius 3 is 2.44 bits per heavy atom. The number of rotatable bonds is 6. The molecule has 34 heavy (non-hydrogen) atoms. The molecule has 0 saturated heterocycles. The largest absolute Gasteiger partial charge is 0.461 e. The van der Waals surface area contributed by atoms with E-state index in [2.05, 4.69) is 5.32 Å². The lowest BCUT2D eigenvalue weighted by atomic mass is 9.66. The van der Waals surface area contributed by atoms with E-state index in [1.807, 2.05) is 70.2 Å². The lowest BCUT2D eigenvalue weighted by Crippen LogP contribution is -2.60. The van der Waals surface area contributed by atoms with Crippen LogP contribution in [-0.4, -0.2) is 36.3 Å². The molecule has 2 aromatic carbocycles. The fourth-order valence-electron chi connectivity index (χ4n) is 4.62. The molecular formula is C26H29NO7. The van der Waals surface area contributed by atoms with Crippen LogP contribution < -0.4 is 14.8 Å². The average Bonchev–Trinajstić information content (AvgIpc) is 3.26. The highest BCUT2D eigenvalue weighted by atomic mass is 16.7. The number of esters is 1. The fraction of sp³-hybridized carbons (Fsp3) is 0.423. The number of fused-ring (bicyclic) bond motifs is 2. The monoisotopic (exact) mass is 467 g/mol. The third-order valence-electron chi connectivity index (χ3n) is 6.17. The molecule has 0 spiro atoms. The predicted octanol–water partition coefficient (Wildman–Crippen LogP) is 4.04. The Labute approximate surface area is 198 Å². The first kappa shape index (κ1) is 25.0. The van der Waals surface area contributed by atoms with Crippen LogP contribution in [0.1, 0.15) is 50.0 Å². The van der Waals surface area contributed by atoms with Crippen molar-refractivity contribution >= 4 is 23.6 Å². The zero-order valence-electron chi connectivity index (χ0n) is 19.8. The van der Waals surface area contributed by atoms with Crippen molar-refractivity contribution in [3.63, 3.8) is 0 Å². The highest BCUT2D eigenvalue weighted by Crippen LogP contribution is 2.42. The molecule has 2 aliphatic rings. The minimum absolute atomic E-state index is 0.0236. The van der Waals surface area contributed by atoms with E-state index in [-0.39, 0.29) is 30.7 Å². The van der Waals surface area contributed by atoms with Gasteiger partial charge in [-0.2, -0.15) is 9.59 Å². The van der Waals surface area contributed by atoms with Crippen LogP contribution in [0.4, 0.5) is 5.69 Å². The summed E-state index contributed by atoms with van der Waals surface area (Å²) in [7, 11) is 0. The maximum atomic E-state index is 13.6. The molecule has 0 bridgehead atoms. The number of ketones is 1.